The number of hydrogen-bond donors (Lipinski definition) is 0. The van der Waals surface area contributed by atoms with Gasteiger partial charge in [-0.1, -0.05) is 23.2 Å². The number of halogens is 2. The summed E-state index contributed by atoms with van der Waals surface area (Å²) < 4.78 is 1.79. The van der Waals surface area contributed by atoms with Crippen LogP contribution in [0.1, 0.15) is 29.1 Å². The lowest BCUT2D eigenvalue weighted by molar-refractivity contribution is 0.0954. The Bertz CT molecular complexity index is 1010. The van der Waals surface area contributed by atoms with Crippen molar-refractivity contribution in [1.29, 1.82) is 0 Å². The molecule has 0 unspecified atom stereocenters. The molecule has 3 heterocycles. The molecular weight excluding hydrogens is 371 g/mol. The molecule has 1 amide bonds. The van der Waals surface area contributed by atoms with Crippen LogP contribution in [0.5, 0.6) is 0 Å². The van der Waals surface area contributed by atoms with Gasteiger partial charge in [0, 0.05) is 29.0 Å². The summed E-state index contributed by atoms with van der Waals surface area (Å²) in [7, 11) is 0. The molecule has 4 rings (SSSR count). The Hall–Kier alpha value is -2.37. The summed E-state index contributed by atoms with van der Waals surface area (Å²) >= 11 is 12.3. The molecule has 3 aromatic rings. The fourth-order valence-electron chi connectivity index (χ4n) is 3.29. The first kappa shape index (κ1) is 17.1. The summed E-state index contributed by atoms with van der Waals surface area (Å²) in [5.74, 6) is -0.130. The monoisotopic (exact) mass is 386 g/mol. The van der Waals surface area contributed by atoms with Crippen molar-refractivity contribution in [2.24, 2.45) is 0 Å². The maximum atomic E-state index is 13.3. The first-order valence-electron chi connectivity index (χ1n) is 8.23. The number of benzene rings is 1. The normalized spacial score (nSPS) is 16.7. The van der Waals surface area contributed by atoms with Gasteiger partial charge < -0.3 is 4.90 Å². The topological polar surface area (TPSA) is 51.0 Å². The summed E-state index contributed by atoms with van der Waals surface area (Å²) in [6.07, 6.45) is 3.48. The van der Waals surface area contributed by atoms with E-state index in [1.54, 1.807) is 40.2 Å². The first-order valence-corrected chi connectivity index (χ1v) is 8.98. The van der Waals surface area contributed by atoms with Gasteiger partial charge in [0.15, 0.2) is 0 Å². The van der Waals surface area contributed by atoms with Gasteiger partial charge in [0.1, 0.15) is 5.69 Å². The minimum Gasteiger partial charge on any atom is -0.303 e. The number of pyridine rings is 1. The number of amides is 1. The molecule has 1 atom stereocenters. The van der Waals surface area contributed by atoms with Gasteiger partial charge in [-0.2, -0.15) is 5.10 Å². The smallest absolute Gasteiger partial charge is 0.277 e. The summed E-state index contributed by atoms with van der Waals surface area (Å²) in [4.78, 5) is 19.2. The SMILES string of the molecule is Cc1cc(-c2cnn3c2C(=O)N(c2ccc(Cl)cc2Cl)C[C@@H]3C)ccn1. The average Bonchev–Trinajstić information content (AvgIpc) is 3.04. The second kappa shape index (κ2) is 6.41. The maximum Gasteiger partial charge on any atom is 0.277 e. The van der Waals surface area contributed by atoms with Gasteiger partial charge in [-0.3, -0.25) is 14.5 Å². The van der Waals surface area contributed by atoms with E-state index in [0.717, 1.165) is 16.8 Å². The largest absolute Gasteiger partial charge is 0.303 e. The van der Waals surface area contributed by atoms with Crippen molar-refractivity contribution >= 4 is 34.8 Å². The molecule has 0 N–H and O–H groups in total. The molecular formula is C19H16Cl2N4O. The molecule has 0 fully saturated rings. The standard InChI is InChI=1S/C19H16Cl2N4O/c1-11-7-13(5-6-22-11)15-9-23-25-12(2)10-24(19(26)18(15)25)17-4-3-14(20)8-16(17)21/h3-9,12H,10H2,1-2H3/t12-/m0/s1. The number of hydrogen-bond acceptors (Lipinski definition) is 3. The van der Waals surface area contributed by atoms with Crippen molar-refractivity contribution in [3.05, 3.63) is 64.2 Å². The van der Waals surface area contributed by atoms with Crippen molar-refractivity contribution < 1.29 is 4.79 Å². The van der Waals surface area contributed by atoms with Crippen molar-refractivity contribution in [3.63, 3.8) is 0 Å². The van der Waals surface area contributed by atoms with Crippen molar-refractivity contribution in [1.82, 2.24) is 14.8 Å². The molecule has 0 saturated heterocycles. The zero-order chi connectivity index (χ0) is 18.4. The summed E-state index contributed by atoms with van der Waals surface area (Å²) in [5.41, 5.74) is 3.81. The molecule has 0 bridgehead atoms. The number of fused-ring (bicyclic) bond motifs is 1. The lowest BCUT2D eigenvalue weighted by Crippen LogP contribution is -2.43. The minimum absolute atomic E-state index is 0.0196. The van der Waals surface area contributed by atoms with Gasteiger partial charge >= 0.3 is 0 Å². The van der Waals surface area contributed by atoms with Crippen LogP contribution in [0.2, 0.25) is 10.0 Å². The molecule has 5 nitrogen and oxygen atoms in total. The van der Waals surface area contributed by atoms with E-state index in [4.69, 9.17) is 23.2 Å². The van der Waals surface area contributed by atoms with Crippen LogP contribution >= 0.6 is 23.2 Å². The highest BCUT2D eigenvalue weighted by Gasteiger charge is 2.34. The molecule has 7 heteroatoms. The van der Waals surface area contributed by atoms with Gasteiger partial charge in [-0.05, 0) is 49.7 Å². The van der Waals surface area contributed by atoms with Crippen molar-refractivity contribution in [2.45, 2.75) is 19.9 Å². The van der Waals surface area contributed by atoms with Gasteiger partial charge in [0.25, 0.3) is 5.91 Å². The van der Waals surface area contributed by atoms with E-state index in [0.29, 0.717) is 28.0 Å². The van der Waals surface area contributed by atoms with Crippen LogP contribution in [0.4, 0.5) is 5.69 Å². The molecule has 132 valence electrons. The average molecular weight is 387 g/mol. The van der Waals surface area contributed by atoms with Gasteiger partial charge in [-0.15, -0.1) is 0 Å². The molecule has 0 spiro atoms. The Morgan fingerprint density at radius 1 is 1.19 bits per heavy atom. The zero-order valence-electron chi connectivity index (χ0n) is 14.3. The van der Waals surface area contributed by atoms with Crippen LogP contribution in [0, 0.1) is 6.92 Å². The van der Waals surface area contributed by atoms with Crippen LogP contribution in [0.25, 0.3) is 11.1 Å². The number of carbonyl (C=O) groups excluding carboxylic acids is 1. The molecule has 0 saturated carbocycles. The predicted octanol–water partition coefficient (Wildman–Crippen LogP) is 4.78. The molecule has 0 radical (unpaired) electrons. The number of anilines is 1. The second-order valence-corrected chi connectivity index (χ2v) is 7.24. The van der Waals surface area contributed by atoms with Crippen LogP contribution in [0.15, 0.2) is 42.7 Å². The zero-order valence-corrected chi connectivity index (χ0v) is 15.8. The van der Waals surface area contributed by atoms with Crippen LogP contribution < -0.4 is 4.90 Å². The summed E-state index contributed by atoms with van der Waals surface area (Å²) in [5, 5.41) is 5.44. The summed E-state index contributed by atoms with van der Waals surface area (Å²) in [6, 6.07) is 9.01. The number of carbonyl (C=O) groups is 1. The Balaban J connectivity index is 1.83. The predicted molar refractivity (Wildman–Crippen MR) is 103 cm³/mol. The van der Waals surface area contributed by atoms with Crippen LogP contribution in [-0.4, -0.2) is 27.2 Å². The highest BCUT2D eigenvalue weighted by Crippen LogP contribution is 2.36. The van der Waals surface area contributed by atoms with E-state index in [-0.39, 0.29) is 11.9 Å². The molecule has 1 aliphatic rings. The first-order chi connectivity index (χ1) is 12.5. The second-order valence-electron chi connectivity index (χ2n) is 6.40. The number of aryl methyl sites for hydroxylation is 1. The van der Waals surface area contributed by atoms with Crippen molar-refractivity contribution in [3.8, 4) is 11.1 Å². The van der Waals surface area contributed by atoms with E-state index in [1.807, 2.05) is 26.0 Å². The molecule has 2 aromatic heterocycles. The highest BCUT2D eigenvalue weighted by molar-refractivity contribution is 6.37. The van der Waals surface area contributed by atoms with E-state index in [2.05, 4.69) is 10.1 Å². The summed E-state index contributed by atoms with van der Waals surface area (Å²) in [6.45, 7) is 4.44. The Morgan fingerprint density at radius 2 is 2.00 bits per heavy atom. The van der Waals surface area contributed by atoms with E-state index < -0.39 is 0 Å². The lowest BCUT2D eigenvalue weighted by atomic mass is 10.0. The number of aromatic nitrogens is 3. The number of rotatable bonds is 2. The fourth-order valence-corrected chi connectivity index (χ4v) is 3.80. The third-order valence-electron chi connectivity index (χ3n) is 4.52. The quantitative estimate of drug-likeness (QED) is 0.636. The minimum atomic E-state index is -0.130. The molecule has 1 aromatic carbocycles. The van der Waals surface area contributed by atoms with Gasteiger partial charge in [0.05, 0.1) is 22.9 Å². The Morgan fingerprint density at radius 3 is 2.73 bits per heavy atom. The molecule has 26 heavy (non-hydrogen) atoms. The Kier molecular flexibility index (Phi) is 4.21. The third kappa shape index (κ3) is 2.77. The van der Waals surface area contributed by atoms with Crippen molar-refractivity contribution in [2.75, 3.05) is 11.4 Å². The highest BCUT2D eigenvalue weighted by atomic mass is 35.5. The molecule has 1 aliphatic heterocycles. The van der Waals surface area contributed by atoms with Crippen LogP contribution in [0.3, 0.4) is 0 Å². The Labute approximate surface area is 161 Å². The number of nitrogens with zero attached hydrogens (tertiary/aromatic N) is 4. The van der Waals surface area contributed by atoms with Gasteiger partial charge in [-0.25, -0.2) is 0 Å². The van der Waals surface area contributed by atoms with Gasteiger partial charge in [0.2, 0.25) is 0 Å². The lowest BCUT2D eigenvalue weighted by Gasteiger charge is -2.33. The van der Waals surface area contributed by atoms with E-state index in [9.17, 15) is 4.79 Å². The maximum absolute atomic E-state index is 13.3. The third-order valence-corrected chi connectivity index (χ3v) is 5.05. The molecule has 0 aliphatic carbocycles. The van der Waals surface area contributed by atoms with E-state index in [1.165, 1.54) is 0 Å². The van der Waals surface area contributed by atoms with E-state index >= 15 is 0 Å². The fraction of sp³-hybridized carbons (Fsp3) is 0.211. The van der Waals surface area contributed by atoms with Crippen LogP contribution in [-0.2, 0) is 0 Å².